The third-order valence-corrected chi connectivity index (χ3v) is 2.20. The van der Waals surface area contributed by atoms with Crippen molar-refractivity contribution in [3.8, 4) is 0 Å². The van der Waals surface area contributed by atoms with Crippen molar-refractivity contribution in [1.82, 2.24) is 4.98 Å². The molecule has 2 N–H and O–H groups in total. The fourth-order valence-corrected chi connectivity index (χ4v) is 1.20. The molecule has 0 amide bonds. The smallest absolute Gasteiger partial charge is 0.118 e. The normalized spacial score (nSPS) is 18.0. The predicted molar refractivity (Wildman–Crippen MR) is 54.6 cm³/mol. The maximum Gasteiger partial charge on any atom is 0.118 e. The SMILES string of the molecule is C/C=C/C(O)C(C)(O)c1cccnc1. The van der Waals surface area contributed by atoms with Crippen LogP contribution in [-0.4, -0.2) is 21.3 Å². The summed E-state index contributed by atoms with van der Waals surface area (Å²) in [7, 11) is 0. The first-order valence-corrected chi connectivity index (χ1v) is 4.52. The summed E-state index contributed by atoms with van der Waals surface area (Å²) in [5, 5.41) is 19.7. The van der Waals surface area contributed by atoms with Crippen LogP contribution >= 0.6 is 0 Å². The predicted octanol–water partition coefficient (Wildman–Crippen LogP) is 1.23. The highest BCUT2D eigenvalue weighted by molar-refractivity contribution is 5.20. The molecule has 76 valence electrons. The molecule has 3 heteroatoms. The van der Waals surface area contributed by atoms with Crippen molar-refractivity contribution in [3.05, 3.63) is 42.2 Å². The largest absolute Gasteiger partial charge is 0.386 e. The van der Waals surface area contributed by atoms with Crippen LogP contribution in [0.3, 0.4) is 0 Å². The lowest BCUT2D eigenvalue weighted by Crippen LogP contribution is -2.35. The highest BCUT2D eigenvalue weighted by Gasteiger charge is 2.30. The van der Waals surface area contributed by atoms with E-state index < -0.39 is 11.7 Å². The third kappa shape index (κ3) is 2.19. The minimum Gasteiger partial charge on any atom is -0.386 e. The minimum absolute atomic E-state index is 0.602. The van der Waals surface area contributed by atoms with Gasteiger partial charge in [0.1, 0.15) is 11.7 Å². The van der Waals surface area contributed by atoms with Gasteiger partial charge in [0.15, 0.2) is 0 Å². The summed E-state index contributed by atoms with van der Waals surface area (Å²) in [5.41, 5.74) is -0.688. The van der Waals surface area contributed by atoms with E-state index in [1.807, 2.05) is 0 Å². The average molecular weight is 193 g/mol. The summed E-state index contributed by atoms with van der Waals surface area (Å²) < 4.78 is 0. The van der Waals surface area contributed by atoms with Crippen molar-refractivity contribution in [3.63, 3.8) is 0 Å². The Morgan fingerprint density at radius 2 is 2.29 bits per heavy atom. The monoisotopic (exact) mass is 193 g/mol. The molecule has 1 aromatic heterocycles. The first kappa shape index (κ1) is 10.9. The van der Waals surface area contributed by atoms with E-state index in [1.165, 1.54) is 0 Å². The summed E-state index contributed by atoms with van der Waals surface area (Å²) in [5.74, 6) is 0. The molecule has 0 aliphatic rings. The van der Waals surface area contributed by atoms with E-state index in [9.17, 15) is 10.2 Å². The van der Waals surface area contributed by atoms with E-state index in [2.05, 4.69) is 4.98 Å². The van der Waals surface area contributed by atoms with Gasteiger partial charge < -0.3 is 10.2 Å². The van der Waals surface area contributed by atoms with Gasteiger partial charge in [-0.2, -0.15) is 0 Å². The molecule has 0 saturated carbocycles. The molecule has 3 nitrogen and oxygen atoms in total. The third-order valence-electron chi connectivity index (χ3n) is 2.20. The molecule has 0 aliphatic carbocycles. The van der Waals surface area contributed by atoms with Crippen molar-refractivity contribution >= 4 is 0 Å². The van der Waals surface area contributed by atoms with E-state index in [1.54, 1.807) is 50.5 Å². The van der Waals surface area contributed by atoms with Gasteiger partial charge >= 0.3 is 0 Å². The number of rotatable bonds is 3. The van der Waals surface area contributed by atoms with Crippen LogP contribution in [0.25, 0.3) is 0 Å². The molecule has 0 radical (unpaired) electrons. The minimum atomic E-state index is -1.29. The van der Waals surface area contributed by atoms with Crippen LogP contribution in [0.2, 0.25) is 0 Å². The molecule has 0 aromatic carbocycles. The lowest BCUT2D eigenvalue weighted by Gasteiger charge is -2.27. The zero-order valence-corrected chi connectivity index (χ0v) is 8.38. The lowest BCUT2D eigenvalue weighted by atomic mass is 9.91. The summed E-state index contributed by atoms with van der Waals surface area (Å²) >= 11 is 0. The Labute approximate surface area is 83.7 Å². The molecule has 1 rings (SSSR count). The molecule has 1 aromatic rings. The number of hydrogen-bond acceptors (Lipinski definition) is 3. The molecule has 0 bridgehead atoms. The lowest BCUT2D eigenvalue weighted by molar-refractivity contribution is -0.0426. The maximum atomic E-state index is 10.0. The Hall–Kier alpha value is -1.19. The molecule has 0 aliphatic heterocycles. The number of hydrogen-bond donors (Lipinski definition) is 2. The van der Waals surface area contributed by atoms with Gasteiger partial charge in [0.05, 0.1) is 0 Å². The second kappa shape index (κ2) is 4.35. The Morgan fingerprint density at radius 3 is 2.79 bits per heavy atom. The second-order valence-corrected chi connectivity index (χ2v) is 3.36. The Balaban J connectivity index is 2.95. The molecule has 2 atom stereocenters. The number of aliphatic hydroxyl groups is 2. The summed E-state index contributed by atoms with van der Waals surface area (Å²) in [6.07, 6.45) is 5.51. The number of aliphatic hydroxyl groups excluding tert-OH is 1. The highest BCUT2D eigenvalue weighted by atomic mass is 16.3. The van der Waals surface area contributed by atoms with Crippen molar-refractivity contribution in [2.24, 2.45) is 0 Å². The van der Waals surface area contributed by atoms with Gasteiger partial charge in [-0.25, -0.2) is 0 Å². The van der Waals surface area contributed by atoms with Crippen LogP contribution in [0.5, 0.6) is 0 Å². The van der Waals surface area contributed by atoms with Gasteiger partial charge in [-0.1, -0.05) is 18.2 Å². The maximum absolute atomic E-state index is 10.0. The van der Waals surface area contributed by atoms with E-state index >= 15 is 0 Å². The number of pyridine rings is 1. The van der Waals surface area contributed by atoms with Crippen LogP contribution in [-0.2, 0) is 5.60 Å². The molecule has 0 spiro atoms. The van der Waals surface area contributed by atoms with Crippen LogP contribution in [0.4, 0.5) is 0 Å². The summed E-state index contributed by atoms with van der Waals surface area (Å²) in [6, 6.07) is 3.46. The van der Waals surface area contributed by atoms with Crippen LogP contribution in [0.1, 0.15) is 19.4 Å². The van der Waals surface area contributed by atoms with E-state index in [0.29, 0.717) is 5.56 Å². The molecule has 14 heavy (non-hydrogen) atoms. The van der Waals surface area contributed by atoms with E-state index in [-0.39, 0.29) is 0 Å². The van der Waals surface area contributed by atoms with E-state index in [4.69, 9.17) is 0 Å². The van der Waals surface area contributed by atoms with Crippen LogP contribution in [0.15, 0.2) is 36.7 Å². The summed E-state index contributed by atoms with van der Waals surface area (Å²) in [6.45, 7) is 3.36. The molecule has 0 saturated heterocycles. The van der Waals surface area contributed by atoms with Gasteiger partial charge in [0.25, 0.3) is 0 Å². The van der Waals surface area contributed by atoms with Crippen molar-refractivity contribution in [2.45, 2.75) is 25.6 Å². The molecule has 1 heterocycles. The first-order chi connectivity index (χ1) is 6.59. The van der Waals surface area contributed by atoms with E-state index in [0.717, 1.165) is 0 Å². The fraction of sp³-hybridized carbons (Fsp3) is 0.364. The second-order valence-electron chi connectivity index (χ2n) is 3.36. The van der Waals surface area contributed by atoms with Crippen LogP contribution in [0, 0.1) is 0 Å². The highest BCUT2D eigenvalue weighted by Crippen LogP contribution is 2.24. The topological polar surface area (TPSA) is 53.4 Å². The Bertz CT molecular complexity index is 306. The van der Waals surface area contributed by atoms with Gasteiger partial charge in [-0.3, -0.25) is 4.98 Å². The van der Waals surface area contributed by atoms with Crippen molar-refractivity contribution < 1.29 is 10.2 Å². The summed E-state index contributed by atoms with van der Waals surface area (Å²) in [4.78, 5) is 3.90. The fourth-order valence-electron chi connectivity index (χ4n) is 1.20. The zero-order chi connectivity index (χ0) is 10.6. The molecule has 2 unspecified atom stereocenters. The standard InChI is InChI=1S/C11H15NO2/c1-3-5-10(13)11(2,14)9-6-4-7-12-8-9/h3-8,10,13-14H,1-2H3/b5-3+. The first-order valence-electron chi connectivity index (χ1n) is 4.52. The quantitative estimate of drug-likeness (QED) is 0.710. The zero-order valence-electron chi connectivity index (χ0n) is 8.38. The van der Waals surface area contributed by atoms with Gasteiger partial charge in [-0.15, -0.1) is 0 Å². The molecular weight excluding hydrogens is 178 g/mol. The molecular formula is C11H15NO2. The number of nitrogens with zero attached hydrogens (tertiary/aromatic N) is 1. The van der Waals surface area contributed by atoms with Crippen LogP contribution < -0.4 is 0 Å². The van der Waals surface area contributed by atoms with Gasteiger partial charge in [-0.05, 0) is 19.9 Å². The van der Waals surface area contributed by atoms with Gasteiger partial charge in [0.2, 0.25) is 0 Å². The number of allylic oxidation sites excluding steroid dienone is 1. The van der Waals surface area contributed by atoms with Crippen molar-refractivity contribution in [2.75, 3.05) is 0 Å². The molecule has 0 fully saturated rings. The van der Waals surface area contributed by atoms with Crippen molar-refractivity contribution in [1.29, 1.82) is 0 Å². The number of aromatic nitrogens is 1. The Kier molecular flexibility index (Phi) is 3.38. The van der Waals surface area contributed by atoms with Gasteiger partial charge in [0, 0.05) is 18.0 Å². The average Bonchev–Trinajstić information content (AvgIpc) is 2.19. The Morgan fingerprint density at radius 1 is 1.57 bits per heavy atom.